The van der Waals surface area contributed by atoms with E-state index in [2.05, 4.69) is 4.98 Å². The molecule has 22 heavy (non-hydrogen) atoms. The van der Waals surface area contributed by atoms with Gasteiger partial charge in [-0.3, -0.25) is 9.36 Å². The summed E-state index contributed by atoms with van der Waals surface area (Å²) in [6, 6.07) is 11.8. The number of fused-ring (bicyclic) bond motifs is 1. The van der Waals surface area contributed by atoms with Gasteiger partial charge in [0.25, 0.3) is 5.56 Å². The van der Waals surface area contributed by atoms with E-state index in [0.29, 0.717) is 26.5 Å². The molecule has 0 aliphatic carbocycles. The average Bonchev–Trinajstić information content (AvgIpc) is 2.50. The molecule has 1 aromatic heterocycles. The molecule has 2 aromatic carbocycles. The van der Waals surface area contributed by atoms with Gasteiger partial charge in [0, 0.05) is 10.0 Å². The monoisotopic (exact) mass is 334 g/mol. The third-order valence-electron chi connectivity index (χ3n) is 3.41. The predicted octanol–water partition coefficient (Wildman–Crippen LogP) is 3.44. The maximum absolute atomic E-state index is 12.4. The molecule has 0 saturated carbocycles. The second-order valence-electron chi connectivity index (χ2n) is 4.93. The van der Waals surface area contributed by atoms with E-state index < -0.39 is 6.10 Å². The van der Waals surface area contributed by atoms with E-state index in [-0.39, 0.29) is 12.1 Å². The molecule has 1 atom stereocenters. The molecular formula is C16H12Cl2N2O2. The second kappa shape index (κ2) is 6.08. The SMILES string of the molecule is O=c1c2ccc(Cl)cc2ncn1C[C@@H](O)c1ccc(Cl)cc1. The summed E-state index contributed by atoms with van der Waals surface area (Å²) in [5, 5.41) is 11.8. The number of benzene rings is 2. The van der Waals surface area contributed by atoms with Gasteiger partial charge in [0.2, 0.25) is 0 Å². The summed E-state index contributed by atoms with van der Waals surface area (Å²) in [5.74, 6) is 0. The molecule has 4 nitrogen and oxygen atoms in total. The van der Waals surface area contributed by atoms with E-state index in [1.54, 1.807) is 42.5 Å². The fourth-order valence-electron chi connectivity index (χ4n) is 2.24. The summed E-state index contributed by atoms with van der Waals surface area (Å²) in [7, 11) is 0. The largest absolute Gasteiger partial charge is 0.387 e. The van der Waals surface area contributed by atoms with E-state index in [1.165, 1.54) is 10.9 Å². The van der Waals surface area contributed by atoms with Crippen LogP contribution in [0.4, 0.5) is 0 Å². The van der Waals surface area contributed by atoms with Gasteiger partial charge in [-0.2, -0.15) is 0 Å². The Morgan fingerprint density at radius 1 is 1.09 bits per heavy atom. The minimum atomic E-state index is -0.818. The van der Waals surface area contributed by atoms with Gasteiger partial charge >= 0.3 is 0 Å². The number of hydrogen-bond donors (Lipinski definition) is 1. The van der Waals surface area contributed by atoms with Gasteiger partial charge in [0.05, 0.1) is 29.9 Å². The molecule has 0 fully saturated rings. The average molecular weight is 335 g/mol. The number of hydrogen-bond acceptors (Lipinski definition) is 3. The number of rotatable bonds is 3. The van der Waals surface area contributed by atoms with Crippen LogP contribution in [0.5, 0.6) is 0 Å². The Hall–Kier alpha value is -1.88. The Kier molecular flexibility index (Phi) is 4.16. The van der Waals surface area contributed by atoms with E-state index in [9.17, 15) is 9.90 Å². The van der Waals surface area contributed by atoms with E-state index in [0.717, 1.165) is 0 Å². The van der Waals surface area contributed by atoms with Crippen molar-refractivity contribution in [2.45, 2.75) is 12.6 Å². The Bertz CT molecular complexity index is 875. The Morgan fingerprint density at radius 2 is 1.77 bits per heavy atom. The molecule has 0 radical (unpaired) electrons. The van der Waals surface area contributed by atoms with Crippen molar-refractivity contribution in [1.29, 1.82) is 0 Å². The van der Waals surface area contributed by atoms with Crippen molar-refractivity contribution in [1.82, 2.24) is 9.55 Å². The van der Waals surface area contributed by atoms with Gasteiger partial charge in [0.1, 0.15) is 0 Å². The van der Waals surface area contributed by atoms with Crippen molar-refractivity contribution in [2.24, 2.45) is 0 Å². The summed E-state index contributed by atoms with van der Waals surface area (Å²) < 4.78 is 1.38. The molecule has 0 unspecified atom stereocenters. The smallest absolute Gasteiger partial charge is 0.261 e. The first-order valence-corrected chi connectivity index (χ1v) is 7.38. The number of aliphatic hydroxyl groups is 1. The molecule has 0 bridgehead atoms. The first-order chi connectivity index (χ1) is 10.5. The highest BCUT2D eigenvalue weighted by atomic mass is 35.5. The first kappa shape index (κ1) is 15.0. The topological polar surface area (TPSA) is 55.1 Å². The molecule has 0 spiro atoms. The molecular weight excluding hydrogens is 323 g/mol. The van der Waals surface area contributed by atoms with Crippen LogP contribution < -0.4 is 5.56 Å². The predicted molar refractivity (Wildman–Crippen MR) is 87.4 cm³/mol. The summed E-state index contributed by atoms with van der Waals surface area (Å²) in [6.07, 6.45) is 0.599. The third-order valence-corrected chi connectivity index (χ3v) is 3.90. The van der Waals surface area contributed by atoms with Crippen molar-refractivity contribution in [2.75, 3.05) is 0 Å². The summed E-state index contributed by atoms with van der Waals surface area (Å²) in [4.78, 5) is 16.6. The van der Waals surface area contributed by atoms with Crippen molar-refractivity contribution < 1.29 is 5.11 Å². The van der Waals surface area contributed by atoms with Crippen molar-refractivity contribution in [3.05, 3.63) is 74.8 Å². The molecule has 0 amide bonds. The quantitative estimate of drug-likeness (QED) is 0.798. The highest BCUT2D eigenvalue weighted by Crippen LogP contribution is 2.18. The lowest BCUT2D eigenvalue weighted by molar-refractivity contribution is 0.155. The van der Waals surface area contributed by atoms with Gasteiger partial charge in [-0.15, -0.1) is 0 Å². The lowest BCUT2D eigenvalue weighted by Crippen LogP contribution is -2.23. The van der Waals surface area contributed by atoms with Gasteiger partial charge in [-0.05, 0) is 35.9 Å². The molecule has 3 aromatic rings. The lowest BCUT2D eigenvalue weighted by Gasteiger charge is -2.13. The van der Waals surface area contributed by atoms with Crippen LogP contribution >= 0.6 is 23.2 Å². The van der Waals surface area contributed by atoms with Gasteiger partial charge in [-0.25, -0.2) is 4.98 Å². The molecule has 1 N–H and O–H groups in total. The van der Waals surface area contributed by atoms with Crippen LogP contribution in [0.25, 0.3) is 10.9 Å². The molecule has 0 aliphatic heterocycles. The zero-order valence-electron chi connectivity index (χ0n) is 11.4. The minimum absolute atomic E-state index is 0.117. The zero-order chi connectivity index (χ0) is 15.7. The minimum Gasteiger partial charge on any atom is -0.387 e. The lowest BCUT2D eigenvalue weighted by atomic mass is 10.1. The van der Waals surface area contributed by atoms with Crippen molar-refractivity contribution >= 4 is 34.1 Å². The maximum Gasteiger partial charge on any atom is 0.261 e. The summed E-state index contributed by atoms with van der Waals surface area (Å²) in [5.41, 5.74) is 1.01. The first-order valence-electron chi connectivity index (χ1n) is 6.63. The standard InChI is InChI=1S/C16H12Cl2N2O2/c17-11-3-1-10(2-4-11)15(21)8-20-9-19-14-7-12(18)5-6-13(14)16(20)22/h1-7,9,15,21H,8H2/t15-/m1/s1. The van der Waals surface area contributed by atoms with Crippen LogP contribution in [0.2, 0.25) is 10.0 Å². The maximum atomic E-state index is 12.4. The number of aliphatic hydroxyl groups excluding tert-OH is 1. The zero-order valence-corrected chi connectivity index (χ0v) is 12.9. The van der Waals surface area contributed by atoms with Gasteiger partial charge in [-0.1, -0.05) is 35.3 Å². The molecule has 112 valence electrons. The third kappa shape index (κ3) is 2.99. The van der Waals surface area contributed by atoms with Crippen molar-refractivity contribution in [3.63, 3.8) is 0 Å². The normalized spacial score (nSPS) is 12.5. The Morgan fingerprint density at radius 3 is 2.50 bits per heavy atom. The fourth-order valence-corrected chi connectivity index (χ4v) is 2.53. The number of halogens is 2. The van der Waals surface area contributed by atoms with E-state index >= 15 is 0 Å². The van der Waals surface area contributed by atoms with Crippen molar-refractivity contribution in [3.8, 4) is 0 Å². The number of nitrogens with zero attached hydrogens (tertiary/aromatic N) is 2. The van der Waals surface area contributed by atoms with E-state index in [4.69, 9.17) is 23.2 Å². The van der Waals surface area contributed by atoms with Gasteiger partial charge in [0.15, 0.2) is 0 Å². The second-order valence-corrected chi connectivity index (χ2v) is 5.80. The van der Waals surface area contributed by atoms with Crippen LogP contribution in [0.15, 0.2) is 53.6 Å². The fraction of sp³-hybridized carbons (Fsp3) is 0.125. The number of aromatic nitrogens is 2. The summed E-state index contributed by atoms with van der Waals surface area (Å²) in [6.45, 7) is 0.117. The van der Waals surface area contributed by atoms with E-state index in [1.807, 2.05) is 0 Å². The Labute approximate surface area is 136 Å². The van der Waals surface area contributed by atoms with Crippen LogP contribution in [-0.4, -0.2) is 14.7 Å². The molecule has 6 heteroatoms. The molecule has 0 saturated heterocycles. The van der Waals surface area contributed by atoms with Crippen LogP contribution in [0.3, 0.4) is 0 Å². The van der Waals surface area contributed by atoms with Gasteiger partial charge < -0.3 is 5.11 Å². The highest BCUT2D eigenvalue weighted by molar-refractivity contribution is 6.31. The molecule has 3 rings (SSSR count). The molecule has 1 heterocycles. The van der Waals surface area contributed by atoms with Crippen LogP contribution in [0, 0.1) is 0 Å². The van der Waals surface area contributed by atoms with Crippen LogP contribution in [-0.2, 0) is 6.54 Å². The Balaban J connectivity index is 1.93. The highest BCUT2D eigenvalue weighted by Gasteiger charge is 2.11. The van der Waals surface area contributed by atoms with Crippen LogP contribution in [0.1, 0.15) is 11.7 Å². The summed E-state index contributed by atoms with van der Waals surface area (Å²) >= 11 is 11.7. The molecule has 0 aliphatic rings.